The lowest BCUT2D eigenvalue weighted by molar-refractivity contribution is -0.133. The molecule has 5 heteroatoms. The number of carbonyl (C=O) groups excluding carboxylic acids is 1. The zero-order valence-corrected chi connectivity index (χ0v) is 12.9. The molecule has 116 valence electrons. The summed E-state index contributed by atoms with van der Waals surface area (Å²) in [6.45, 7) is 2.51. The Morgan fingerprint density at radius 1 is 1.33 bits per heavy atom. The number of benzene rings is 1. The van der Waals surface area contributed by atoms with Crippen LogP contribution in [0.2, 0.25) is 0 Å². The van der Waals surface area contributed by atoms with Crippen molar-refractivity contribution in [3.8, 4) is 0 Å². The minimum atomic E-state index is -0.231. The van der Waals surface area contributed by atoms with Gasteiger partial charge in [0.25, 0.3) is 0 Å². The van der Waals surface area contributed by atoms with Gasteiger partial charge in [-0.1, -0.05) is 12.1 Å². The molecule has 1 aliphatic carbocycles. The fraction of sp³-hybridized carbons (Fsp3) is 0.562. The molecule has 1 aromatic carbocycles. The van der Waals surface area contributed by atoms with E-state index in [1.807, 2.05) is 11.0 Å². The van der Waals surface area contributed by atoms with E-state index in [1.54, 1.807) is 6.07 Å². The van der Waals surface area contributed by atoms with E-state index in [-0.39, 0.29) is 24.1 Å². The third kappa shape index (κ3) is 4.42. The highest BCUT2D eigenvalue weighted by atomic mass is 35.5. The molecule has 1 atom stereocenters. The van der Waals surface area contributed by atoms with Crippen LogP contribution in [0.1, 0.15) is 31.2 Å². The van der Waals surface area contributed by atoms with Crippen LogP contribution in [0.4, 0.5) is 4.39 Å². The number of carbonyl (C=O) groups is 1. The summed E-state index contributed by atoms with van der Waals surface area (Å²) in [6.07, 6.45) is 3.89. The van der Waals surface area contributed by atoms with Crippen LogP contribution in [-0.4, -0.2) is 29.9 Å². The second kappa shape index (κ2) is 7.23. The lowest BCUT2D eigenvalue weighted by Gasteiger charge is -2.24. The van der Waals surface area contributed by atoms with Crippen LogP contribution >= 0.6 is 12.4 Å². The predicted octanol–water partition coefficient (Wildman–Crippen LogP) is 2.74. The molecule has 1 aliphatic heterocycles. The Hall–Kier alpha value is -1.13. The highest BCUT2D eigenvalue weighted by Gasteiger charge is 2.33. The largest absolute Gasteiger partial charge is 0.335 e. The van der Waals surface area contributed by atoms with Crippen molar-refractivity contribution < 1.29 is 9.18 Å². The summed E-state index contributed by atoms with van der Waals surface area (Å²) in [5.74, 6) is 0.465. The summed E-state index contributed by atoms with van der Waals surface area (Å²) in [5.41, 5.74) is 0.884. The molecule has 1 N–H and O–H groups in total. The quantitative estimate of drug-likeness (QED) is 0.906. The van der Waals surface area contributed by atoms with Gasteiger partial charge in [-0.15, -0.1) is 12.4 Å². The molecule has 3 rings (SSSR count). The number of amides is 1. The number of hydrogen-bond donors (Lipinski definition) is 1. The molecule has 1 heterocycles. The fourth-order valence-electron chi connectivity index (χ4n) is 2.89. The van der Waals surface area contributed by atoms with Gasteiger partial charge in [-0.05, 0) is 56.0 Å². The van der Waals surface area contributed by atoms with Crippen molar-refractivity contribution >= 4 is 18.3 Å². The Morgan fingerprint density at radius 2 is 2.14 bits per heavy atom. The summed E-state index contributed by atoms with van der Waals surface area (Å²) < 4.78 is 13.3. The van der Waals surface area contributed by atoms with Gasteiger partial charge in [-0.3, -0.25) is 4.79 Å². The molecular formula is C16H22ClFN2O. The highest BCUT2D eigenvalue weighted by molar-refractivity contribution is 5.85. The first-order chi connectivity index (χ1) is 9.72. The van der Waals surface area contributed by atoms with Gasteiger partial charge in [0.2, 0.25) is 5.91 Å². The maximum atomic E-state index is 13.3. The van der Waals surface area contributed by atoms with E-state index in [4.69, 9.17) is 0 Å². The fourth-order valence-corrected chi connectivity index (χ4v) is 2.89. The van der Waals surface area contributed by atoms with Gasteiger partial charge in [0.05, 0.1) is 0 Å². The summed E-state index contributed by atoms with van der Waals surface area (Å²) in [6, 6.07) is 6.95. The third-order valence-electron chi connectivity index (χ3n) is 4.18. The molecule has 2 fully saturated rings. The van der Waals surface area contributed by atoms with Crippen molar-refractivity contribution in [2.45, 2.75) is 38.3 Å². The van der Waals surface area contributed by atoms with Crippen molar-refractivity contribution in [2.24, 2.45) is 5.92 Å². The Morgan fingerprint density at radius 3 is 2.76 bits per heavy atom. The molecule has 1 amide bonds. The first-order valence-electron chi connectivity index (χ1n) is 7.47. The molecule has 1 unspecified atom stereocenters. The zero-order valence-electron chi connectivity index (χ0n) is 12.1. The zero-order chi connectivity index (χ0) is 13.9. The first kappa shape index (κ1) is 16.2. The Bertz CT molecular complexity index is 487. The molecule has 2 aliphatic rings. The van der Waals surface area contributed by atoms with Gasteiger partial charge in [0.1, 0.15) is 5.82 Å². The monoisotopic (exact) mass is 312 g/mol. The highest BCUT2D eigenvalue weighted by Crippen LogP contribution is 2.30. The van der Waals surface area contributed by atoms with Crippen molar-refractivity contribution in [3.05, 3.63) is 35.6 Å². The lowest BCUT2D eigenvalue weighted by atomic mass is 10.0. The van der Waals surface area contributed by atoms with Crippen LogP contribution in [0.5, 0.6) is 0 Å². The molecule has 0 bridgehead atoms. The smallest absolute Gasteiger partial charge is 0.223 e. The molecule has 0 spiro atoms. The molecule has 21 heavy (non-hydrogen) atoms. The van der Waals surface area contributed by atoms with Gasteiger partial charge < -0.3 is 10.2 Å². The van der Waals surface area contributed by atoms with Crippen LogP contribution in [-0.2, 0) is 11.3 Å². The van der Waals surface area contributed by atoms with Gasteiger partial charge >= 0.3 is 0 Å². The topological polar surface area (TPSA) is 32.3 Å². The van der Waals surface area contributed by atoms with Crippen LogP contribution in [0.15, 0.2) is 24.3 Å². The van der Waals surface area contributed by atoms with Crippen molar-refractivity contribution in [1.29, 1.82) is 0 Å². The number of rotatable bonds is 5. The number of nitrogens with one attached hydrogen (secondary N) is 1. The average molecular weight is 313 g/mol. The lowest BCUT2D eigenvalue weighted by Crippen LogP contribution is -2.34. The minimum Gasteiger partial charge on any atom is -0.335 e. The molecular weight excluding hydrogens is 291 g/mol. The van der Waals surface area contributed by atoms with Gasteiger partial charge in [-0.25, -0.2) is 4.39 Å². The van der Waals surface area contributed by atoms with Gasteiger partial charge in [-0.2, -0.15) is 0 Å². The molecule has 1 saturated carbocycles. The molecule has 0 radical (unpaired) electrons. The number of nitrogens with zero attached hydrogens (tertiary/aromatic N) is 1. The summed E-state index contributed by atoms with van der Waals surface area (Å²) in [7, 11) is 0. The summed E-state index contributed by atoms with van der Waals surface area (Å²) in [4.78, 5) is 14.4. The maximum Gasteiger partial charge on any atom is 0.223 e. The van der Waals surface area contributed by atoms with Crippen LogP contribution < -0.4 is 5.32 Å². The summed E-state index contributed by atoms with van der Waals surface area (Å²) >= 11 is 0. The van der Waals surface area contributed by atoms with Crippen LogP contribution in [0.25, 0.3) is 0 Å². The Kier molecular flexibility index (Phi) is 5.59. The second-order valence-electron chi connectivity index (χ2n) is 5.95. The average Bonchev–Trinajstić information content (AvgIpc) is 3.14. The molecule has 1 saturated heterocycles. The standard InChI is InChI=1S/C16H21FN2O.ClH/c17-14-3-1-2-13(8-14)11-19(15-4-5-15)16(20)9-12-6-7-18-10-12;/h1-3,8,12,15,18H,4-7,9-11H2;1H. The first-order valence-corrected chi connectivity index (χ1v) is 7.47. The van der Waals surface area contributed by atoms with Gasteiger partial charge in [0.15, 0.2) is 0 Å². The van der Waals surface area contributed by atoms with E-state index in [0.29, 0.717) is 24.9 Å². The van der Waals surface area contributed by atoms with Crippen molar-refractivity contribution in [1.82, 2.24) is 10.2 Å². The van der Waals surface area contributed by atoms with E-state index in [0.717, 1.165) is 37.9 Å². The second-order valence-corrected chi connectivity index (χ2v) is 5.95. The van der Waals surface area contributed by atoms with Crippen LogP contribution in [0, 0.1) is 11.7 Å². The van der Waals surface area contributed by atoms with E-state index >= 15 is 0 Å². The summed E-state index contributed by atoms with van der Waals surface area (Å²) in [5, 5.41) is 3.30. The van der Waals surface area contributed by atoms with Gasteiger partial charge in [0, 0.05) is 19.0 Å². The maximum absolute atomic E-state index is 13.3. The molecule has 3 nitrogen and oxygen atoms in total. The number of halogens is 2. The van der Waals surface area contributed by atoms with E-state index in [1.165, 1.54) is 12.1 Å². The predicted molar refractivity (Wildman–Crippen MR) is 82.8 cm³/mol. The Labute approximate surface area is 131 Å². The normalized spacial score (nSPS) is 20.9. The van der Waals surface area contributed by atoms with Crippen molar-refractivity contribution in [3.63, 3.8) is 0 Å². The van der Waals surface area contributed by atoms with E-state index < -0.39 is 0 Å². The Balaban J connectivity index is 0.00000161. The number of hydrogen-bond acceptors (Lipinski definition) is 2. The van der Waals surface area contributed by atoms with E-state index in [2.05, 4.69) is 5.32 Å². The van der Waals surface area contributed by atoms with Crippen LogP contribution in [0.3, 0.4) is 0 Å². The molecule has 1 aromatic rings. The van der Waals surface area contributed by atoms with E-state index in [9.17, 15) is 9.18 Å². The van der Waals surface area contributed by atoms with Crippen molar-refractivity contribution in [2.75, 3.05) is 13.1 Å². The third-order valence-corrected chi connectivity index (χ3v) is 4.18. The minimum absolute atomic E-state index is 0. The molecule has 0 aromatic heterocycles. The SMILES string of the molecule is Cl.O=C(CC1CCNC1)N(Cc1cccc(F)c1)C1CC1.